The van der Waals surface area contributed by atoms with E-state index >= 15 is 0 Å². The Morgan fingerprint density at radius 1 is 1.47 bits per heavy atom. The van der Waals surface area contributed by atoms with Crippen LogP contribution in [0.15, 0.2) is 24.3 Å². The van der Waals surface area contributed by atoms with Gasteiger partial charge in [0.05, 0.1) is 6.61 Å². The van der Waals surface area contributed by atoms with Gasteiger partial charge in [-0.2, -0.15) is 0 Å². The first kappa shape index (κ1) is 13.4. The fourth-order valence-electron chi connectivity index (χ4n) is 1.40. The minimum absolute atomic E-state index is 0.160. The zero-order chi connectivity index (χ0) is 12.7. The molecule has 0 amide bonds. The Morgan fingerprint density at radius 2 is 2.24 bits per heavy atom. The van der Waals surface area contributed by atoms with Crippen molar-refractivity contribution in [3.8, 4) is 5.75 Å². The number of allylic oxidation sites excluding steroid dienone is 1. The van der Waals surface area contributed by atoms with E-state index in [-0.39, 0.29) is 17.3 Å². The average molecular weight is 236 g/mol. The van der Waals surface area contributed by atoms with Gasteiger partial charge in [-0.25, -0.2) is 4.39 Å². The summed E-state index contributed by atoms with van der Waals surface area (Å²) in [4.78, 5) is 10.7. The lowest BCUT2D eigenvalue weighted by Gasteiger charge is -2.04. The van der Waals surface area contributed by atoms with Crippen molar-refractivity contribution in [3.63, 3.8) is 0 Å². The molecule has 17 heavy (non-hydrogen) atoms. The van der Waals surface area contributed by atoms with Gasteiger partial charge < -0.3 is 9.53 Å². The third-order valence-corrected chi connectivity index (χ3v) is 2.23. The Labute approximate surface area is 101 Å². The van der Waals surface area contributed by atoms with Crippen LogP contribution in [0, 0.1) is 5.82 Å². The monoisotopic (exact) mass is 236 g/mol. The number of benzene rings is 1. The highest BCUT2D eigenvalue weighted by Gasteiger charge is 2.02. The van der Waals surface area contributed by atoms with Crippen LogP contribution in [0.3, 0.4) is 0 Å². The second kappa shape index (κ2) is 6.84. The van der Waals surface area contributed by atoms with Crippen LogP contribution in [0.1, 0.15) is 32.3 Å². The van der Waals surface area contributed by atoms with Crippen LogP contribution < -0.4 is 4.74 Å². The minimum atomic E-state index is -0.361. The normalized spacial score (nSPS) is 10.8. The number of halogens is 1. The first-order valence-corrected chi connectivity index (χ1v) is 5.71. The molecule has 0 saturated carbocycles. The SMILES string of the molecule is CCOc1ccc(/C=C/CCC(C)=O)cc1F. The summed E-state index contributed by atoms with van der Waals surface area (Å²) in [7, 11) is 0. The molecular formula is C14H17FO2. The predicted octanol–water partition coefficient (Wildman–Crippen LogP) is 3.61. The standard InChI is InChI=1S/C14H17FO2/c1-3-17-14-9-8-12(10-13(14)15)7-5-4-6-11(2)16/h5,7-10H,3-4,6H2,1-2H3/b7-5+. The fraction of sp³-hybridized carbons (Fsp3) is 0.357. The third-order valence-electron chi connectivity index (χ3n) is 2.23. The lowest BCUT2D eigenvalue weighted by molar-refractivity contribution is -0.116. The Morgan fingerprint density at radius 3 is 2.82 bits per heavy atom. The maximum Gasteiger partial charge on any atom is 0.165 e. The summed E-state index contributed by atoms with van der Waals surface area (Å²) in [6.07, 6.45) is 4.89. The third kappa shape index (κ3) is 4.81. The van der Waals surface area contributed by atoms with Gasteiger partial charge in [0.2, 0.25) is 0 Å². The maximum atomic E-state index is 13.5. The topological polar surface area (TPSA) is 26.3 Å². The van der Waals surface area contributed by atoms with E-state index in [2.05, 4.69) is 0 Å². The van der Waals surface area contributed by atoms with Crippen molar-refractivity contribution >= 4 is 11.9 Å². The molecule has 0 radical (unpaired) electrons. The van der Waals surface area contributed by atoms with Gasteiger partial charge in [-0.05, 0) is 38.0 Å². The molecule has 3 heteroatoms. The Hall–Kier alpha value is -1.64. The molecular weight excluding hydrogens is 219 g/mol. The molecule has 1 rings (SSSR count). The largest absolute Gasteiger partial charge is 0.491 e. The summed E-state index contributed by atoms with van der Waals surface area (Å²) in [6, 6.07) is 4.83. The van der Waals surface area contributed by atoms with Crippen molar-refractivity contribution in [2.45, 2.75) is 26.7 Å². The molecule has 0 aromatic heterocycles. The zero-order valence-electron chi connectivity index (χ0n) is 10.2. The minimum Gasteiger partial charge on any atom is -0.491 e. The molecule has 0 fully saturated rings. The quantitative estimate of drug-likeness (QED) is 0.754. The Balaban J connectivity index is 2.60. The molecule has 0 N–H and O–H groups in total. The summed E-state index contributed by atoms with van der Waals surface area (Å²) in [5.41, 5.74) is 0.773. The van der Waals surface area contributed by atoms with Crippen LogP contribution in [0.5, 0.6) is 5.75 Å². The van der Waals surface area contributed by atoms with Crippen molar-refractivity contribution in [3.05, 3.63) is 35.7 Å². The van der Waals surface area contributed by atoms with Crippen molar-refractivity contribution in [1.29, 1.82) is 0 Å². The number of ketones is 1. The van der Waals surface area contributed by atoms with E-state index in [4.69, 9.17) is 4.74 Å². The fourth-order valence-corrected chi connectivity index (χ4v) is 1.40. The molecule has 92 valence electrons. The van der Waals surface area contributed by atoms with Crippen molar-refractivity contribution in [2.24, 2.45) is 0 Å². The first-order valence-electron chi connectivity index (χ1n) is 5.71. The number of ether oxygens (including phenoxy) is 1. The van der Waals surface area contributed by atoms with E-state index in [0.717, 1.165) is 5.56 Å². The molecule has 2 nitrogen and oxygen atoms in total. The van der Waals surface area contributed by atoms with Gasteiger partial charge in [-0.3, -0.25) is 0 Å². The highest BCUT2D eigenvalue weighted by Crippen LogP contribution is 2.19. The van der Waals surface area contributed by atoms with Crippen LogP contribution in [-0.4, -0.2) is 12.4 Å². The van der Waals surface area contributed by atoms with Crippen molar-refractivity contribution < 1.29 is 13.9 Å². The molecule has 0 aliphatic carbocycles. The second-order valence-corrected chi connectivity index (χ2v) is 3.77. The Kier molecular flexibility index (Phi) is 5.40. The molecule has 0 aliphatic heterocycles. The van der Waals surface area contributed by atoms with E-state index in [1.54, 1.807) is 19.1 Å². The molecule has 0 heterocycles. The van der Waals surface area contributed by atoms with E-state index in [9.17, 15) is 9.18 Å². The number of Topliss-reactive ketones (excluding diaryl/α,β-unsaturated/α-hetero) is 1. The zero-order valence-corrected chi connectivity index (χ0v) is 10.2. The van der Waals surface area contributed by atoms with Gasteiger partial charge in [-0.1, -0.05) is 18.2 Å². The second-order valence-electron chi connectivity index (χ2n) is 3.77. The lowest BCUT2D eigenvalue weighted by atomic mass is 10.1. The highest BCUT2D eigenvalue weighted by atomic mass is 19.1. The number of rotatable bonds is 6. The van der Waals surface area contributed by atoms with Crippen LogP contribution in [-0.2, 0) is 4.79 Å². The van der Waals surface area contributed by atoms with Crippen LogP contribution in [0.4, 0.5) is 4.39 Å². The number of carbonyl (C=O) groups is 1. The van der Waals surface area contributed by atoms with E-state index in [0.29, 0.717) is 19.4 Å². The smallest absolute Gasteiger partial charge is 0.165 e. The summed E-state index contributed by atoms with van der Waals surface area (Å²) >= 11 is 0. The first-order chi connectivity index (χ1) is 8.13. The summed E-state index contributed by atoms with van der Waals surface area (Å²) < 4.78 is 18.6. The molecule has 1 aromatic rings. The lowest BCUT2D eigenvalue weighted by Crippen LogP contribution is -1.94. The maximum absolute atomic E-state index is 13.5. The summed E-state index contributed by atoms with van der Waals surface area (Å²) in [5.74, 6) is 0.0708. The van der Waals surface area contributed by atoms with E-state index < -0.39 is 0 Å². The van der Waals surface area contributed by atoms with Crippen molar-refractivity contribution in [1.82, 2.24) is 0 Å². The van der Waals surface area contributed by atoms with Gasteiger partial charge in [0.15, 0.2) is 11.6 Å². The van der Waals surface area contributed by atoms with Gasteiger partial charge in [-0.15, -0.1) is 0 Å². The number of hydrogen-bond acceptors (Lipinski definition) is 2. The molecule has 0 atom stereocenters. The van der Waals surface area contributed by atoms with Gasteiger partial charge in [0.1, 0.15) is 5.78 Å². The summed E-state index contributed by atoms with van der Waals surface area (Å²) in [5, 5.41) is 0. The molecule has 1 aromatic carbocycles. The molecule has 0 unspecified atom stereocenters. The van der Waals surface area contributed by atoms with Crippen LogP contribution in [0.25, 0.3) is 6.08 Å². The highest BCUT2D eigenvalue weighted by molar-refractivity contribution is 5.75. The van der Waals surface area contributed by atoms with Gasteiger partial charge >= 0.3 is 0 Å². The Bertz CT molecular complexity index is 411. The van der Waals surface area contributed by atoms with E-state index in [1.165, 1.54) is 6.07 Å². The molecule has 0 aliphatic rings. The molecule has 0 spiro atoms. The average Bonchev–Trinajstić information content (AvgIpc) is 2.28. The van der Waals surface area contributed by atoms with Crippen LogP contribution >= 0.6 is 0 Å². The van der Waals surface area contributed by atoms with E-state index in [1.807, 2.05) is 19.1 Å². The van der Waals surface area contributed by atoms with Gasteiger partial charge in [0, 0.05) is 6.42 Å². The molecule has 0 saturated heterocycles. The van der Waals surface area contributed by atoms with Crippen molar-refractivity contribution in [2.75, 3.05) is 6.61 Å². The van der Waals surface area contributed by atoms with Gasteiger partial charge in [0.25, 0.3) is 0 Å². The van der Waals surface area contributed by atoms with Crippen LogP contribution in [0.2, 0.25) is 0 Å². The summed E-state index contributed by atoms with van der Waals surface area (Å²) in [6.45, 7) is 3.82. The molecule has 0 bridgehead atoms. The predicted molar refractivity (Wildman–Crippen MR) is 66.5 cm³/mol. The number of hydrogen-bond donors (Lipinski definition) is 0. The number of carbonyl (C=O) groups excluding carboxylic acids is 1.